The molecular formula is C40H26N2O6S. The molecule has 0 bridgehead atoms. The third-order valence-corrected chi connectivity index (χ3v) is 9.56. The van der Waals surface area contributed by atoms with Gasteiger partial charge in [-0.15, -0.1) is 11.8 Å². The van der Waals surface area contributed by atoms with Crippen LogP contribution in [0, 0.1) is 0 Å². The van der Waals surface area contributed by atoms with Gasteiger partial charge in [-0.05, 0) is 53.4 Å². The van der Waals surface area contributed by atoms with Gasteiger partial charge < -0.3 is 15.7 Å². The van der Waals surface area contributed by atoms with E-state index < -0.39 is 17.1 Å². The summed E-state index contributed by atoms with van der Waals surface area (Å²) in [7, 11) is 0. The molecule has 0 heterocycles. The number of hydrogen-bond donors (Lipinski definition) is 3. The van der Waals surface area contributed by atoms with Crippen LogP contribution in [0.3, 0.4) is 0 Å². The molecule has 1 atom stereocenters. The fourth-order valence-electron chi connectivity index (χ4n) is 6.01. The quantitative estimate of drug-likeness (QED) is 0.141. The van der Waals surface area contributed by atoms with Crippen molar-refractivity contribution in [3.05, 3.63) is 172 Å². The van der Waals surface area contributed by atoms with E-state index in [1.54, 1.807) is 97.1 Å². The number of rotatable bonds is 8. The molecule has 9 heteroatoms. The van der Waals surface area contributed by atoms with Gasteiger partial charge >= 0.3 is 5.97 Å². The van der Waals surface area contributed by atoms with Crippen molar-refractivity contribution in [2.75, 3.05) is 10.6 Å². The molecule has 0 aliphatic heterocycles. The zero-order chi connectivity index (χ0) is 34.1. The SMILES string of the molecule is O=C1c2ccccc2C(=O)c2c(NC(=O)C(Sc3ccc(NC(=O)c4cccc5cccc(C(=O)O)c45)cc3)c3ccccc3)cccc21. The van der Waals surface area contributed by atoms with E-state index in [1.165, 1.54) is 17.8 Å². The first-order valence-electron chi connectivity index (χ1n) is 15.3. The Balaban J connectivity index is 1.13. The largest absolute Gasteiger partial charge is 0.478 e. The van der Waals surface area contributed by atoms with Crippen molar-refractivity contribution in [3.63, 3.8) is 0 Å². The molecule has 6 aromatic carbocycles. The molecule has 3 N–H and O–H groups in total. The van der Waals surface area contributed by atoms with E-state index >= 15 is 0 Å². The van der Waals surface area contributed by atoms with E-state index in [4.69, 9.17) is 0 Å². The van der Waals surface area contributed by atoms with Crippen molar-refractivity contribution < 1.29 is 29.1 Å². The summed E-state index contributed by atoms with van der Waals surface area (Å²) in [5, 5.41) is 15.7. The second kappa shape index (κ2) is 13.1. The Bertz CT molecular complexity index is 2310. The Morgan fingerprint density at radius 3 is 1.90 bits per heavy atom. The second-order valence-electron chi connectivity index (χ2n) is 11.3. The maximum atomic E-state index is 14.0. The minimum Gasteiger partial charge on any atom is -0.478 e. The molecule has 238 valence electrons. The maximum Gasteiger partial charge on any atom is 0.336 e. The van der Waals surface area contributed by atoms with E-state index in [9.17, 15) is 29.1 Å². The van der Waals surface area contributed by atoms with E-state index in [0.717, 1.165) is 10.5 Å². The molecule has 8 nitrogen and oxygen atoms in total. The predicted molar refractivity (Wildman–Crippen MR) is 189 cm³/mol. The van der Waals surface area contributed by atoms with Gasteiger partial charge in [0.25, 0.3) is 5.91 Å². The standard InChI is InChI=1S/C40H26N2O6S/c43-35-27-13-4-5-14-28(27)36(44)34-29(35)15-8-18-32(34)42-39(46)37(24-9-2-1-3-10-24)49-26-21-19-25(20-22-26)41-38(45)30-16-6-11-23-12-7-17-31(33(23)30)40(47)48/h1-22,37H,(H,41,45)(H,42,46)(H,47,48). The minimum absolute atomic E-state index is 0.0389. The summed E-state index contributed by atoms with van der Waals surface area (Å²) in [4.78, 5) is 66.7. The van der Waals surface area contributed by atoms with Gasteiger partial charge in [-0.25, -0.2) is 4.79 Å². The van der Waals surface area contributed by atoms with Crippen molar-refractivity contribution in [1.29, 1.82) is 0 Å². The molecule has 0 aromatic heterocycles. The summed E-state index contributed by atoms with van der Waals surface area (Å²) < 4.78 is 0. The first-order valence-corrected chi connectivity index (χ1v) is 16.2. The van der Waals surface area contributed by atoms with Crippen molar-refractivity contribution >= 4 is 63.3 Å². The lowest BCUT2D eigenvalue weighted by Gasteiger charge is -2.22. The van der Waals surface area contributed by atoms with Crippen LogP contribution in [-0.4, -0.2) is 34.5 Å². The summed E-state index contributed by atoms with van der Waals surface area (Å²) in [6.45, 7) is 0. The first-order chi connectivity index (χ1) is 23.8. The lowest BCUT2D eigenvalue weighted by atomic mass is 9.83. The van der Waals surface area contributed by atoms with Gasteiger partial charge in [-0.2, -0.15) is 0 Å². The monoisotopic (exact) mass is 662 g/mol. The van der Waals surface area contributed by atoms with E-state index in [0.29, 0.717) is 27.6 Å². The van der Waals surface area contributed by atoms with E-state index in [-0.39, 0.29) is 45.4 Å². The van der Waals surface area contributed by atoms with Crippen molar-refractivity contribution in [2.24, 2.45) is 0 Å². The predicted octanol–water partition coefficient (Wildman–Crippen LogP) is 8.04. The highest BCUT2D eigenvalue weighted by Gasteiger charge is 2.32. The molecule has 1 aliphatic carbocycles. The zero-order valence-corrected chi connectivity index (χ0v) is 26.5. The smallest absolute Gasteiger partial charge is 0.336 e. The molecule has 6 aromatic rings. The number of carboxylic acid groups (broad SMARTS) is 1. The van der Waals surface area contributed by atoms with Crippen LogP contribution in [0.2, 0.25) is 0 Å². The van der Waals surface area contributed by atoms with Crippen LogP contribution < -0.4 is 10.6 Å². The third-order valence-electron chi connectivity index (χ3n) is 8.30. The molecule has 0 spiro atoms. The van der Waals surface area contributed by atoms with Crippen molar-refractivity contribution in [2.45, 2.75) is 10.1 Å². The van der Waals surface area contributed by atoms with Crippen LogP contribution in [0.25, 0.3) is 10.8 Å². The number of hydrogen-bond acceptors (Lipinski definition) is 6. The average Bonchev–Trinajstić information content (AvgIpc) is 3.13. The summed E-state index contributed by atoms with van der Waals surface area (Å²) in [5.41, 5.74) is 2.79. The second-order valence-corrected chi connectivity index (χ2v) is 12.5. The van der Waals surface area contributed by atoms with Crippen LogP contribution in [0.4, 0.5) is 11.4 Å². The Morgan fingerprint density at radius 2 is 1.20 bits per heavy atom. The Morgan fingerprint density at radius 1 is 0.592 bits per heavy atom. The normalized spacial score (nSPS) is 12.5. The topological polar surface area (TPSA) is 130 Å². The number of carbonyl (C=O) groups is 5. The number of anilines is 2. The number of fused-ring (bicyclic) bond motifs is 3. The highest BCUT2D eigenvalue weighted by molar-refractivity contribution is 8.00. The van der Waals surface area contributed by atoms with Crippen LogP contribution in [-0.2, 0) is 4.79 Å². The van der Waals surface area contributed by atoms with Crippen molar-refractivity contribution in [1.82, 2.24) is 0 Å². The van der Waals surface area contributed by atoms with Crippen LogP contribution >= 0.6 is 11.8 Å². The molecule has 2 amide bonds. The average molecular weight is 663 g/mol. The molecule has 0 saturated carbocycles. The zero-order valence-electron chi connectivity index (χ0n) is 25.7. The Labute approximate surface area is 284 Å². The highest BCUT2D eigenvalue weighted by atomic mass is 32.2. The first kappa shape index (κ1) is 31.3. The van der Waals surface area contributed by atoms with Gasteiger partial charge in [-0.1, -0.05) is 91.0 Å². The molecule has 0 saturated heterocycles. The summed E-state index contributed by atoms with van der Waals surface area (Å²) >= 11 is 1.29. The summed E-state index contributed by atoms with van der Waals surface area (Å²) in [6.07, 6.45) is 0. The van der Waals surface area contributed by atoms with Crippen LogP contribution in [0.1, 0.15) is 63.4 Å². The molecule has 0 radical (unpaired) electrons. The number of carbonyl (C=O) groups excluding carboxylic acids is 4. The number of nitrogens with one attached hydrogen (secondary N) is 2. The van der Waals surface area contributed by atoms with E-state index in [2.05, 4.69) is 10.6 Å². The van der Waals surface area contributed by atoms with E-state index in [1.807, 2.05) is 30.3 Å². The molecular weight excluding hydrogens is 637 g/mol. The molecule has 1 unspecified atom stereocenters. The van der Waals surface area contributed by atoms with Crippen LogP contribution in [0.15, 0.2) is 138 Å². The van der Waals surface area contributed by atoms with Gasteiger partial charge in [0.2, 0.25) is 5.91 Å². The fourth-order valence-corrected chi connectivity index (χ4v) is 7.03. The number of aromatic carboxylic acids is 1. The number of ketones is 2. The molecule has 1 aliphatic rings. The minimum atomic E-state index is -1.12. The summed E-state index contributed by atoms with van der Waals surface area (Å²) in [5.74, 6) is -2.56. The lowest BCUT2D eigenvalue weighted by molar-refractivity contribution is -0.115. The van der Waals surface area contributed by atoms with Gasteiger partial charge in [-0.3, -0.25) is 19.2 Å². The lowest BCUT2D eigenvalue weighted by Crippen LogP contribution is -2.25. The van der Waals surface area contributed by atoms with Crippen molar-refractivity contribution in [3.8, 4) is 0 Å². The van der Waals surface area contributed by atoms with Gasteiger partial charge in [0, 0.05) is 38.2 Å². The Kier molecular flexibility index (Phi) is 8.34. The number of benzene rings is 6. The number of carboxylic acids is 1. The molecule has 0 fully saturated rings. The van der Waals surface area contributed by atoms with Gasteiger partial charge in [0.05, 0.1) is 16.8 Å². The number of thioether (sulfide) groups is 1. The number of amides is 2. The Hall–Kier alpha value is -6.32. The molecule has 49 heavy (non-hydrogen) atoms. The summed E-state index contributed by atoms with van der Waals surface area (Å²) in [6, 6.07) is 37.6. The van der Waals surface area contributed by atoms with Gasteiger partial charge in [0.15, 0.2) is 11.6 Å². The maximum absolute atomic E-state index is 14.0. The van der Waals surface area contributed by atoms with Crippen LogP contribution in [0.5, 0.6) is 0 Å². The fraction of sp³-hybridized carbons (Fsp3) is 0.0250. The third kappa shape index (κ3) is 5.99. The van der Waals surface area contributed by atoms with Gasteiger partial charge in [0.1, 0.15) is 5.25 Å². The highest BCUT2D eigenvalue weighted by Crippen LogP contribution is 2.38. The molecule has 7 rings (SSSR count).